The number of carbonyl (C=O) groups is 2. The molecule has 3 N–H and O–H groups in total. The van der Waals surface area contributed by atoms with Gasteiger partial charge in [0, 0.05) is 24.0 Å². The number of aryl methyl sites for hydroxylation is 1. The normalized spacial score (nSPS) is 10.3. The standard InChI is InChI=1S/C20H17F2N5O2/c1-11-10-17(19(29)27-18-15(21)4-3-5-16(18)22)26-20(23-11)25-14-8-6-13(7-9-14)24-12(2)28/h3-10H,1-2H3,(H,24,28)(H,27,29)(H,23,25,26). The van der Waals surface area contributed by atoms with Crippen molar-refractivity contribution >= 4 is 34.8 Å². The zero-order valence-electron chi connectivity index (χ0n) is 15.6. The summed E-state index contributed by atoms with van der Waals surface area (Å²) >= 11 is 0. The summed E-state index contributed by atoms with van der Waals surface area (Å²) in [4.78, 5) is 31.8. The van der Waals surface area contributed by atoms with Crippen LogP contribution in [0.1, 0.15) is 23.1 Å². The van der Waals surface area contributed by atoms with E-state index in [1.807, 2.05) is 0 Å². The molecule has 1 heterocycles. The van der Waals surface area contributed by atoms with E-state index in [4.69, 9.17) is 0 Å². The van der Waals surface area contributed by atoms with Crippen molar-refractivity contribution in [2.24, 2.45) is 0 Å². The third-order valence-electron chi connectivity index (χ3n) is 3.75. The number of amides is 2. The van der Waals surface area contributed by atoms with Gasteiger partial charge in [0.1, 0.15) is 23.0 Å². The zero-order valence-corrected chi connectivity index (χ0v) is 15.6. The Morgan fingerprint density at radius 2 is 1.52 bits per heavy atom. The molecule has 0 saturated heterocycles. The van der Waals surface area contributed by atoms with Gasteiger partial charge < -0.3 is 16.0 Å². The van der Waals surface area contributed by atoms with Crippen LogP contribution in [0.3, 0.4) is 0 Å². The Morgan fingerprint density at radius 1 is 0.897 bits per heavy atom. The first-order chi connectivity index (χ1) is 13.8. The van der Waals surface area contributed by atoms with E-state index in [-0.39, 0.29) is 17.5 Å². The number of nitrogens with zero attached hydrogens (tertiary/aromatic N) is 2. The van der Waals surface area contributed by atoms with Crippen LogP contribution in [0.15, 0.2) is 48.5 Å². The maximum Gasteiger partial charge on any atom is 0.274 e. The highest BCUT2D eigenvalue weighted by Crippen LogP contribution is 2.20. The van der Waals surface area contributed by atoms with Gasteiger partial charge in [0.05, 0.1) is 0 Å². The average molecular weight is 397 g/mol. The molecule has 0 bridgehead atoms. The molecule has 0 fully saturated rings. The molecular formula is C20H17F2N5O2. The van der Waals surface area contributed by atoms with Gasteiger partial charge >= 0.3 is 0 Å². The lowest BCUT2D eigenvalue weighted by molar-refractivity contribution is -0.114. The van der Waals surface area contributed by atoms with Crippen LogP contribution >= 0.6 is 0 Å². The second-order valence-electron chi connectivity index (χ2n) is 6.15. The first-order valence-electron chi connectivity index (χ1n) is 8.57. The number of nitrogens with one attached hydrogen (secondary N) is 3. The maximum absolute atomic E-state index is 13.8. The Morgan fingerprint density at radius 3 is 2.14 bits per heavy atom. The van der Waals surface area contributed by atoms with Crippen molar-refractivity contribution < 1.29 is 18.4 Å². The van der Waals surface area contributed by atoms with Gasteiger partial charge in [-0.3, -0.25) is 9.59 Å². The molecule has 2 aromatic carbocycles. The van der Waals surface area contributed by atoms with Crippen molar-refractivity contribution in [2.75, 3.05) is 16.0 Å². The molecule has 0 radical (unpaired) electrons. The number of rotatable bonds is 5. The SMILES string of the molecule is CC(=O)Nc1ccc(Nc2nc(C)cc(C(=O)Nc3c(F)cccc3F)n2)cc1. The molecule has 1 aromatic heterocycles. The molecule has 0 aliphatic carbocycles. The highest BCUT2D eigenvalue weighted by molar-refractivity contribution is 6.03. The Hall–Kier alpha value is -3.88. The number of hydrogen-bond acceptors (Lipinski definition) is 5. The predicted molar refractivity (Wildman–Crippen MR) is 105 cm³/mol. The molecule has 29 heavy (non-hydrogen) atoms. The third kappa shape index (κ3) is 5.10. The van der Waals surface area contributed by atoms with Crippen LogP contribution in [0.2, 0.25) is 0 Å². The number of carbonyl (C=O) groups excluding carboxylic acids is 2. The van der Waals surface area contributed by atoms with Gasteiger partial charge in [-0.1, -0.05) is 6.07 Å². The monoisotopic (exact) mass is 397 g/mol. The van der Waals surface area contributed by atoms with Gasteiger partial charge in [0.2, 0.25) is 11.9 Å². The summed E-state index contributed by atoms with van der Waals surface area (Å²) in [5.41, 5.74) is 1.13. The van der Waals surface area contributed by atoms with Crippen molar-refractivity contribution in [2.45, 2.75) is 13.8 Å². The molecule has 0 aliphatic rings. The highest BCUT2D eigenvalue weighted by Gasteiger charge is 2.16. The van der Waals surface area contributed by atoms with E-state index < -0.39 is 23.2 Å². The molecule has 0 atom stereocenters. The lowest BCUT2D eigenvalue weighted by Gasteiger charge is -2.10. The van der Waals surface area contributed by atoms with Crippen molar-refractivity contribution in [1.82, 2.24) is 9.97 Å². The van der Waals surface area contributed by atoms with Gasteiger partial charge in [-0.2, -0.15) is 0 Å². The summed E-state index contributed by atoms with van der Waals surface area (Å²) in [5.74, 6) is -2.60. The van der Waals surface area contributed by atoms with Crippen LogP contribution in [0.5, 0.6) is 0 Å². The Kier molecular flexibility index (Phi) is 5.77. The third-order valence-corrected chi connectivity index (χ3v) is 3.75. The topological polar surface area (TPSA) is 96.0 Å². The molecule has 0 spiro atoms. The molecule has 0 aliphatic heterocycles. The number of halogens is 2. The molecule has 2 amide bonds. The van der Waals surface area contributed by atoms with Gasteiger partial charge in [0.15, 0.2) is 0 Å². The molecule has 3 aromatic rings. The molecule has 7 nitrogen and oxygen atoms in total. The summed E-state index contributed by atoms with van der Waals surface area (Å²) in [7, 11) is 0. The fourth-order valence-electron chi connectivity index (χ4n) is 2.50. The number of anilines is 4. The van der Waals surface area contributed by atoms with Crippen LogP contribution in [-0.2, 0) is 4.79 Å². The first kappa shape index (κ1) is 19.9. The maximum atomic E-state index is 13.8. The second-order valence-corrected chi connectivity index (χ2v) is 6.15. The van der Waals surface area contributed by atoms with Crippen LogP contribution in [-0.4, -0.2) is 21.8 Å². The lowest BCUT2D eigenvalue weighted by atomic mass is 10.2. The summed E-state index contributed by atoms with van der Waals surface area (Å²) in [6.07, 6.45) is 0. The minimum atomic E-state index is -0.887. The number of hydrogen-bond donors (Lipinski definition) is 3. The number of benzene rings is 2. The van der Waals surface area contributed by atoms with E-state index in [9.17, 15) is 18.4 Å². The molecule has 148 valence electrons. The predicted octanol–water partition coefficient (Wildman–Crippen LogP) is 4.02. The van der Waals surface area contributed by atoms with Crippen molar-refractivity contribution in [1.29, 1.82) is 0 Å². The van der Waals surface area contributed by atoms with Crippen LogP contribution in [0, 0.1) is 18.6 Å². The quantitative estimate of drug-likeness (QED) is 0.604. The van der Waals surface area contributed by atoms with E-state index in [1.54, 1.807) is 31.2 Å². The number of aromatic nitrogens is 2. The second kappa shape index (κ2) is 8.42. The molecule has 0 saturated carbocycles. The van der Waals surface area contributed by atoms with Gasteiger partial charge in [0.25, 0.3) is 5.91 Å². The Bertz CT molecular complexity index is 1050. The smallest absolute Gasteiger partial charge is 0.274 e. The molecule has 3 rings (SSSR count). The highest BCUT2D eigenvalue weighted by atomic mass is 19.1. The minimum absolute atomic E-state index is 0.0579. The van der Waals surface area contributed by atoms with Gasteiger partial charge in [-0.25, -0.2) is 18.7 Å². The Balaban J connectivity index is 1.79. The van der Waals surface area contributed by atoms with E-state index >= 15 is 0 Å². The number of para-hydroxylation sites is 1. The molecule has 0 unspecified atom stereocenters. The summed E-state index contributed by atoms with van der Waals surface area (Å²) in [6.45, 7) is 3.07. The average Bonchev–Trinajstić information content (AvgIpc) is 2.65. The van der Waals surface area contributed by atoms with Crippen molar-refractivity contribution in [3.63, 3.8) is 0 Å². The summed E-state index contributed by atoms with van der Waals surface area (Å²) in [5, 5.41) is 7.78. The van der Waals surface area contributed by atoms with Gasteiger partial charge in [-0.05, 0) is 49.4 Å². The zero-order chi connectivity index (χ0) is 21.0. The fraction of sp³-hybridized carbons (Fsp3) is 0.100. The first-order valence-corrected chi connectivity index (χ1v) is 8.57. The van der Waals surface area contributed by atoms with Crippen molar-refractivity contribution in [3.8, 4) is 0 Å². The minimum Gasteiger partial charge on any atom is -0.326 e. The van der Waals surface area contributed by atoms with Crippen LogP contribution < -0.4 is 16.0 Å². The molecular weight excluding hydrogens is 380 g/mol. The van der Waals surface area contributed by atoms with Gasteiger partial charge in [-0.15, -0.1) is 0 Å². The summed E-state index contributed by atoms with van der Waals surface area (Å²) in [6, 6.07) is 11.5. The van der Waals surface area contributed by atoms with Crippen LogP contribution in [0.25, 0.3) is 0 Å². The Labute approximate surface area is 165 Å². The fourth-order valence-corrected chi connectivity index (χ4v) is 2.50. The summed E-state index contributed by atoms with van der Waals surface area (Å²) < 4.78 is 27.5. The van der Waals surface area contributed by atoms with Crippen molar-refractivity contribution in [3.05, 3.63) is 71.6 Å². The van der Waals surface area contributed by atoms with E-state index in [0.717, 1.165) is 12.1 Å². The lowest BCUT2D eigenvalue weighted by Crippen LogP contribution is -2.17. The van der Waals surface area contributed by atoms with E-state index in [0.29, 0.717) is 17.1 Å². The molecule has 9 heteroatoms. The largest absolute Gasteiger partial charge is 0.326 e. The van der Waals surface area contributed by atoms with Crippen LogP contribution in [0.4, 0.5) is 31.8 Å². The van der Waals surface area contributed by atoms with E-state index in [1.165, 1.54) is 19.1 Å². The van der Waals surface area contributed by atoms with E-state index in [2.05, 4.69) is 25.9 Å².